The lowest BCUT2D eigenvalue weighted by Gasteiger charge is -2.35. The standard InChI is InChI=1S/C23H33N5O/c1-5-19-10-8-9-15-28(19)22(29)21-16-17(4)24-23(26-21)25-18-11-13-20(14-12-18)27(6-2)7-3/h11-14,16,19H,5-10,15H2,1-4H3,(H,24,25,26). The number of nitrogens with one attached hydrogen (secondary N) is 1. The van der Waals surface area contributed by atoms with Crippen LogP contribution in [0.5, 0.6) is 0 Å². The van der Waals surface area contributed by atoms with Gasteiger partial charge in [-0.2, -0.15) is 0 Å². The lowest BCUT2D eigenvalue weighted by Crippen LogP contribution is -2.43. The summed E-state index contributed by atoms with van der Waals surface area (Å²) >= 11 is 0. The fourth-order valence-electron chi connectivity index (χ4n) is 4.05. The molecule has 0 aliphatic carbocycles. The Morgan fingerprint density at radius 1 is 1.14 bits per heavy atom. The van der Waals surface area contributed by atoms with E-state index in [1.807, 2.05) is 24.0 Å². The summed E-state index contributed by atoms with van der Waals surface area (Å²) in [5.74, 6) is 0.482. The summed E-state index contributed by atoms with van der Waals surface area (Å²) in [6, 6.07) is 10.3. The van der Waals surface area contributed by atoms with Crippen molar-refractivity contribution in [2.45, 2.75) is 59.4 Å². The quantitative estimate of drug-likeness (QED) is 0.731. The summed E-state index contributed by atoms with van der Waals surface area (Å²) in [7, 11) is 0. The van der Waals surface area contributed by atoms with E-state index in [4.69, 9.17) is 0 Å². The molecule has 1 aromatic heterocycles. The Labute approximate surface area is 174 Å². The average molecular weight is 396 g/mol. The topological polar surface area (TPSA) is 61.4 Å². The molecule has 1 aromatic carbocycles. The molecule has 0 spiro atoms. The molecular weight excluding hydrogens is 362 g/mol. The predicted molar refractivity (Wildman–Crippen MR) is 119 cm³/mol. The number of benzene rings is 1. The van der Waals surface area contributed by atoms with Gasteiger partial charge in [0.1, 0.15) is 5.69 Å². The molecule has 1 atom stereocenters. The van der Waals surface area contributed by atoms with Crippen LogP contribution in [-0.2, 0) is 0 Å². The Kier molecular flexibility index (Phi) is 7.07. The Bertz CT molecular complexity index is 817. The van der Waals surface area contributed by atoms with Crippen molar-refractivity contribution in [3.05, 3.63) is 41.7 Å². The van der Waals surface area contributed by atoms with Crippen LogP contribution in [0.1, 0.15) is 62.6 Å². The Balaban J connectivity index is 1.77. The van der Waals surface area contributed by atoms with Crippen LogP contribution >= 0.6 is 0 Å². The third kappa shape index (κ3) is 5.05. The van der Waals surface area contributed by atoms with Gasteiger partial charge >= 0.3 is 0 Å². The first kappa shape index (κ1) is 21.1. The fraction of sp³-hybridized carbons (Fsp3) is 0.522. The van der Waals surface area contributed by atoms with Crippen molar-refractivity contribution >= 4 is 23.2 Å². The second-order valence-electron chi connectivity index (χ2n) is 7.62. The highest BCUT2D eigenvalue weighted by Crippen LogP contribution is 2.23. The van der Waals surface area contributed by atoms with Crippen molar-refractivity contribution in [1.29, 1.82) is 0 Å². The number of anilines is 3. The summed E-state index contributed by atoms with van der Waals surface area (Å²) in [4.78, 5) is 26.4. The number of carbonyl (C=O) groups excluding carboxylic acids is 1. The molecule has 1 aliphatic heterocycles. The Morgan fingerprint density at radius 2 is 1.86 bits per heavy atom. The highest BCUT2D eigenvalue weighted by Gasteiger charge is 2.27. The zero-order valence-electron chi connectivity index (χ0n) is 18.1. The molecule has 1 fully saturated rings. The van der Waals surface area contributed by atoms with E-state index >= 15 is 0 Å². The van der Waals surface area contributed by atoms with Crippen LogP contribution in [0.15, 0.2) is 30.3 Å². The van der Waals surface area contributed by atoms with Gasteiger partial charge in [0.05, 0.1) is 0 Å². The van der Waals surface area contributed by atoms with Gasteiger partial charge in [-0.3, -0.25) is 4.79 Å². The zero-order valence-corrected chi connectivity index (χ0v) is 18.1. The van der Waals surface area contributed by atoms with Gasteiger partial charge in [0.2, 0.25) is 5.95 Å². The van der Waals surface area contributed by atoms with Crippen LogP contribution in [0.2, 0.25) is 0 Å². The van der Waals surface area contributed by atoms with Crippen molar-refractivity contribution in [1.82, 2.24) is 14.9 Å². The lowest BCUT2D eigenvalue weighted by atomic mass is 9.99. The van der Waals surface area contributed by atoms with E-state index in [0.29, 0.717) is 17.7 Å². The number of hydrogen-bond donors (Lipinski definition) is 1. The maximum absolute atomic E-state index is 13.1. The van der Waals surface area contributed by atoms with Gasteiger partial charge in [-0.1, -0.05) is 6.92 Å². The van der Waals surface area contributed by atoms with E-state index in [-0.39, 0.29) is 5.91 Å². The summed E-state index contributed by atoms with van der Waals surface area (Å²) in [5, 5.41) is 3.26. The molecule has 0 radical (unpaired) electrons. The monoisotopic (exact) mass is 395 g/mol. The highest BCUT2D eigenvalue weighted by atomic mass is 16.2. The van der Waals surface area contributed by atoms with Crippen molar-refractivity contribution in [2.75, 3.05) is 29.9 Å². The molecule has 2 aromatic rings. The molecule has 1 aliphatic rings. The van der Waals surface area contributed by atoms with E-state index in [0.717, 1.165) is 50.3 Å². The van der Waals surface area contributed by atoms with Gasteiger partial charge < -0.3 is 15.1 Å². The molecule has 29 heavy (non-hydrogen) atoms. The minimum absolute atomic E-state index is 0.0157. The molecule has 0 saturated carbocycles. The smallest absolute Gasteiger partial charge is 0.272 e. The van der Waals surface area contributed by atoms with E-state index in [1.54, 1.807) is 6.07 Å². The first-order valence-corrected chi connectivity index (χ1v) is 10.8. The average Bonchev–Trinajstić information content (AvgIpc) is 2.74. The number of nitrogens with zero attached hydrogens (tertiary/aromatic N) is 4. The molecule has 1 N–H and O–H groups in total. The van der Waals surface area contributed by atoms with E-state index < -0.39 is 0 Å². The number of rotatable bonds is 7. The van der Waals surface area contributed by atoms with Crippen molar-refractivity contribution in [3.63, 3.8) is 0 Å². The van der Waals surface area contributed by atoms with Crippen LogP contribution in [0.3, 0.4) is 0 Å². The van der Waals surface area contributed by atoms with Crippen molar-refractivity contribution in [3.8, 4) is 0 Å². The number of piperidine rings is 1. The van der Waals surface area contributed by atoms with Crippen LogP contribution in [0, 0.1) is 6.92 Å². The number of amides is 1. The minimum atomic E-state index is 0.0157. The molecule has 1 saturated heterocycles. The molecule has 6 nitrogen and oxygen atoms in total. The molecule has 0 bridgehead atoms. The van der Waals surface area contributed by atoms with Crippen molar-refractivity contribution < 1.29 is 4.79 Å². The van der Waals surface area contributed by atoms with E-state index in [9.17, 15) is 4.79 Å². The minimum Gasteiger partial charge on any atom is -0.372 e. The first-order valence-electron chi connectivity index (χ1n) is 10.8. The molecule has 1 unspecified atom stereocenters. The predicted octanol–water partition coefficient (Wildman–Crippen LogP) is 4.78. The fourth-order valence-corrected chi connectivity index (χ4v) is 4.05. The third-order valence-corrected chi connectivity index (χ3v) is 5.68. The maximum Gasteiger partial charge on any atom is 0.272 e. The van der Waals surface area contributed by atoms with E-state index in [2.05, 4.69) is 53.1 Å². The molecular formula is C23H33N5O. The summed E-state index contributed by atoms with van der Waals surface area (Å²) in [5.41, 5.74) is 3.36. The Hall–Kier alpha value is -2.63. The largest absolute Gasteiger partial charge is 0.372 e. The van der Waals surface area contributed by atoms with Gasteiger partial charge in [-0.25, -0.2) is 9.97 Å². The van der Waals surface area contributed by atoms with Crippen LogP contribution in [0.4, 0.5) is 17.3 Å². The Morgan fingerprint density at radius 3 is 2.52 bits per heavy atom. The second kappa shape index (κ2) is 9.72. The number of aryl methyl sites for hydroxylation is 1. The second-order valence-corrected chi connectivity index (χ2v) is 7.62. The summed E-state index contributed by atoms with van der Waals surface area (Å²) < 4.78 is 0. The van der Waals surface area contributed by atoms with Gasteiger partial charge in [-0.15, -0.1) is 0 Å². The van der Waals surface area contributed by atoms with Crippen LogP contribution < -0.4 is 10.2 Å². The SMILES string of the molecule is CCC1CCCCN1C(=O)c1cc(C)nc(Nc2ccc(N(CC)CC)cc2)n1. The molecule has 1 amide bonds. The van der Waals surface area contributed by atoms with E-state index in [1.165, 1.54) is 12.1 Å². The summed E-state index contributed by atoms with van der Waals surface area (Å²) in [6.07, 6.45) is 4.33. The molecule has 156 valence electrons. The lowest BCUT2D eigenvalue weighted by molar-refractivity contribution is 0.0602. The van der Waals surface area contributed by atoms with Crippen LogP contribution in [-0.4, -0.2) is 46.5 Å². The normalized spacial score (nSPS) is 16.6. The number of carbonyl (C=O) groups is 1. The van der Waals surface area contributed by atoms with Gasteiger partial charge in [0.25, 0.3) is 5.91 Å². The molecule has 3 rings (SSSR count). The third-order valence-electron chi connectivity index (χ3n) is 5.68. The number of aromatic nitrogens is 2. The highest BCUT2D eigenvalue weighted by molar-refractivity contribution is 5.93. The summed E-state index contributed by atoms with van der Waals surface area (Å²) in [6.45, 7) is 11.1. The van der Waals surface area contributed by atoms with Gasteiger partial charge in [0, 0.05) is 42.7 Å². The number of likely N-dealkylation sites (tertiary alicyclic amines) is 1. The van der Waals surface area contributed by atoms with Gasteiger partial charge in [0.15, 0.2) is 0 Å². The van der Waals surface area contributed by atoms with Crippen LogP contribution in [0.25, 0.3) is 0 Å². The maximum atomic E-state index is 13.1. The molecule has 2 heterocycles. The van der Waals surface area contributed by atoms with Gasteiger partial charge in [-0.05, 0) is 76.8 Å². The molecule has 6 heteroatoms. The first-order chi connectivity index (χ1) is 14.0. The number of hydrogen-bond acceptors (Lipinski definition) is 5. The van der Waals surface area contributed by atoms with Crippen molar-refractivity contribution in [2.24, 2.45) is 0 Å². The zero-order chi connectivity index (χ0) is 20.8.